The second-order valence-electron chi connectivity index (χ2n) is 12.0. The van der Waals surface area contributed by atoms with Crippen molar-refractivity contribution in [1.29, 1.82) is 0 Å². The Balaban J connectivity index is 1.76. The summed E-state index contributed by atoms with van der Waals surface area (Å²) in [6.07, 6.45) is 1.07. The number of hydrogen-bond donors (Lipinski definition) is 2. The number of aryl methyl sites for hydroxylation is 3. The van der Waals surface area contributed by atoms with Crippen molar-refractivity contribution in [3.63, 3.8) is 0 Å². The third-order valence-corrected chi connectivity index (χ3v) is 7.62. The number of anilines is 1. The number of carbonyl (C=O) groups excluding carboxylic acids is 3. The van der Waals surface area contributed by atoms with E-state index in [4.69, 9.17) is 16.3 Å². The molecule has 3 aromatic rings. The van der Waals surface area contributed by atoms with Crippen molar-refractivity contribution >= 4 is 35.2 Å². The number of carbonyl (C=O) groups is 3. The predicted octanol–water partition coefficient (Wildman–Crippen LogP) is 7.07. The summed E-state index contributed by atoms with van der Waals surface area (Å²) in [4.78, 5) is 43.3. The zero-order chi connectivity index (χ0) is 30.6. The van der Waals surface area contributed by atoms with Gasteiger partial charge in [0.1, 0.15) is 17.7 Å². The molecule has 42 heavy (non-hydrogen) atoms. The quantitative estimate of drug-likeness (QED) is 0.279. The first kappa shape index (κ1) is 31.1. The lowest BCUT2D eigenvalue weighted by molar-refractivity contribution is -0.141. The molecule has 0 bridgehead atoms. The predicted molar refractivity (Wildman–Crippen MR) is 167 cm³/mol. The van der Waals surface area contributed by atoms with Crippen LogP contribution in [0.5, 0.6) is 0 Å². The number of nitrogens with zero attached hydrogens (tertiary/aromatic N) is 1. The summed E-state index contributed by atoms with van der Waals surface area (Å²) in [5, 5.41) is 6.24. The molecule has 3 amide bonds. The lowest BCUT2D eigenvalue weighted by Gasteiger charge is -2.35. The maximum Gasteiger partial charge on any atom is 0.408 e. The Kier molecular flexibility index (Phi) is 9.62. The van der Waals surface area contributed by atoms with Crippen LogP contribution in [0.3, 0.4) is 0 Å². The van der Waals surface area contributed by atoms with Gasteiger partial charge in [-0.25, -0.2) is 4.79 Å². The van der Waals surface area contributed by atoms with E-state index in [1.807, 2.05) is 81.4 Å². The van der Waals surface area contributed by atoms with E-state index in [0.717, 1.165) is 35.1 Å². The van der Waals surface area contributed by atoms with E-state index in [0.29, 0.717) is 16.3 Å². The third kappa shape index (κ3) is 7.91. The fraction of sp³-hybridized carbons (Fsp3) is 0.382. The van der Waals surface area contributed by atoms with Crippen LogP contribution in [-0.2, 0) is 20.7 Å². The Morgan fingerprint density at radius 1 is 0.929 bits per heavy atom. The van der Waals surface area contributed by atoms with E-state index >= 15 is 0 Å². The zero-order valence-electron chi connectivity index (χ0n) is 25.2. The van der Waals surface area contributed by atoms with Crippen LogP contribution in [0.15, 0.2) is 66.7 Å². The molecule has 3 aromatic carbocycles. The molecular weight excluding hydrogens is 550 g/mol. The van der Waals surface area contributed by atoms with Gasteiger partial charge in [-0.1, -0.05) is 72.3 Å². The molecule has 0 spiro atoms. The molecule has 1 saturated carbocycles. The highest BCUT2D eigenvalue weighted by Gasteiger charge is 2.44. The summed E-state index contributed by atoms with van der Waals surface area (Å²) in [6, 6.07) is 18.7. The largest absolute Gasteiger partial charge is 0.444 e. The highest BCUT2D eigenvalue weighted by atomic mass is 35.5. The van der Waals surface area contributed by atoms with Crippen molar-refractivity contribution < 1.29 is 19.1 Å². The number of benzene rings is 3. The van der Waals surface area contributed by atoms with E-state index in [1.165, 1.54) is 0 Å². The van der Waals surface area contributed by atoms with Crippen molar-refractivity contribution in [2.75, 3.05) is 5.32 Å². The summed E-state index contributed by atoms with van der Waals surface area (Å²) in [5.41, 5.74) is 4.24. The molecule has 0 heterocycles. The maximum absolute atomic E-state index is 14.5. The zero-order valence-corrected chi connectivity index (χ0v) is 25.9. The molecule has 4 rings (SSSR count). The molecule has 2 atom stereocenters. The molecule has 0 radical (unpaired) electrons. The molecule has 0 aliphatic heterocycles. The van der Waals surface area contributed by atoms with Crippen molar-refractivity contribution in [3.05, 3.63) is 99.6 Å². The third-order valence-electron chi connectivity index (χ3n) is 7.31. The van der Waals surface area contributed by atoms with Crippen LogP contribution < -0.4 is 10.6 Å². The molecule has 222 valence electrons. The molecule has 1 aliphatic rings. The van der Waals surface area contributed by atoms with Gasteiger partial charge in [0.2, 0.25) is 5.91 Å². The topological polar surface area (TPSA) is 87.7 Å². The Hall–Kier alpha value is -3.84. The standard InChI is InChI=1S/C34H40ClN3O4/c1-21-15-16-25(19-23(21)3)30(31(39)37-29-22(2)11-10-14-27(29)35)38(26-17-18-26)32(40)28(20-24-12-8-7-9-13-24)36-33(41)42-34(4,5)6/h7-16,19,26,28,30H,17-18,20H2,1-6H3,(H,36,41)(H,37,39). The molecule has 2 N–H and O–H groups in total. The van der Waals surface area contributed by atoms with Gasteiger partial charge >= 0.3 is 6.09 Å². The lowest BCUT2D eigenvalue weighted by atomic mass is 9.97. The van der Waals surface area contributed by atoms with Gasteiger partial charge in [0, 0.05) is 12.5 Å². The van der Waals surface area contributed by atoms with Crippen molar-refractivity contribution in [3.8, 4) is 0 Å². The normalized spacial score (nSPS) is 14.5. The van der Waals surface area contributed by atoms with E-state index in [9.17, 15) is 14.4 Å². The van der Waals surface area contributed by atoms with Crippen molar-refractivity contribution in [1.82, 2.24) is 10.2 Å². The summed E-state index contributed by atoms with van der Waals surface area (Å²) >= 11 is 6.48. The van der Waals surface area contributed by atoms with Crippen molar-refractivity contribution in [2.24, 2.45) is 0 Å². The molecule has 1 fully saturated rings. The summed E-state index contributed by atoms with van der Waals surface area (Å²) in [7, 11) is 0. The molecule has 8 heteroatoms. The van der Waals surface area contributed by atoms with Crippen LogP contribution in [-0.4, -0.2) is 40.5 Å². The minimum atomic E-state index is -0.952. The summed E-state index contributed by atoms with van der Waals surface area (Å²) in [6.45, 7) is 11.2. The van der Waals surface area contributed by atoms with E-state index in [-0.39, 0.29) is 24.3 Å². The Morgan fingerprint density at radius 3 is 2.21 bits per heavy atom. The Bertz CT molecular complexity index is 1430. The number of hydrogen-bond acceptors (Lipinski definition) is 4. The SMILES string of the molecule is Cc1ccc(C(C(=O)Nc2c(C)cccc2Cl)N(C(=O)C(Cc2ccccc2)NC(=O)OC(C)(C)C)C2CC2)cc1C. The van der Waals surface area contributed by atoms with Crippen LogP contribution in [0.25, 0.3) is 0 Å². The average Bonchev–Trinajstić information content (AvgIpc) is 3.75. The van der Waals surface area contributed by atoms with Gasteiger partial charge in [0.15, 0.2) is 0 Å². The van der Waals surface area contributed by atoms with Crippen LogP contribution in [0, 0.1) is 20.8 Å². The number of ether oxygens (including phenoxy) is 1. The van der Waals surface area contributed by atoms with Gasteiger partial charge in [0.05, 0.1) is 10.7 Å². The maximum atomic E-state index is 14.5. The summed E-state index contributed by atoms with van der Waals surface area (Å²) in [5.74, 6) is -0.716. The van der Waals surface area contributed by atoms with E-state index in [1.54, 1.807) is 31.7 Å². The van der Waals surface area contributed by atoms with Gasteiger partial charge < -0.3 is 20.3 Å². The molecule has 2 unspecified atom stereocenters. The second kappa shape index (κ2) is 13.0. The number of amides is 3. The minimum Gasteiger partial charge on any atom is -0.444 e. The van der Waals surface area contributed by atoms with Gasteiger partial charge in [-0.3, -0.25) is 9.59 Å². The first-order valence-corrected chi connectivity index (χ1v) is 14.7. The highest BCUT2D eigenvalue weighted by Crippen LogP contribution is 2.37. The molecule has 0 aromatic heterocycles. The van der Waals surface area contributed by atoms with Gasteiger partial charge in [-0.15, -0.1) is 0 Å². The van der Waals surface area contributed by atoms with E-state index in [2.05, 4.69) is 10.6 Å². The average molecular weight is 590 g/mol. The monoisotopic (exact) mass is 589 g/mol. The number of nitrogens with one attached hydrogen (secondary N) is 2. The number of halogens is 1. The minimum absolute atomic E-state index is 0.152. The van der Waals surface area contributed by atoms with Crippen molar-refractivity contribution in [2.45, 2.75) is 84.5 Å². The highest BCUT2D eigenvalue weighted by molar-refractivity contribution is 6.34. The van der Waals surface area contributed by atoms with Crippen LogP contribution in [0.2, 0.25) is 5.02 Å². The first-order valence-electron chi connectivity index (χ1n) is 14.3. The van der Waals surface area contributed by atoms with Gasteiger partial charge in [-0.05, 0) is 88.3 Å². The van der Waals surface area contributed by atoms with Crippen LogP contribution in [0.4, 0.5) is 10.5 Å². The number of rotatable bonds is 9. The van der Waals surface area contributed by atoms with Gasteiger partial charge in [-0.2, -0.15) is 0 Å². The summed E-state index contributed by atoms with van der Waals surface area (Å²) < 4.78 is 5.52. The molecule has 1 aliphatic carbocycles. The smallest absolute Gasteiger partial charge is 0.408 e. The molecule has 0 saturated heterocycles. The lowest BCUT2D eigenvalue weighted by Crippen LogP contribution is -2.54. The van der Waals surface area contributed by atoms with Gasteiger partial charge in [0.25, 0.3) is 5.91 Å². The molecule has 7 nitrogen and oxygen atoms in total. The number of alkyl carbamates (subject to hydrolysis) is 1. The second-order valence-corrected chi connectivity index (χ2v) is 12.4. The van der Waals surface area contributed by atoms with E-state index < -0.39 is 23.8 Å². The Labute approximate surface area is 253 Å². The first-order chi connectivity index (χ1) is 19.8. The Morgan fingerprint density at radius 2 is 1.62 bits per heavy atom. The fourth-order valence-electron chi connectivity index (χ4n) is 4.91. The van der Waals surface area contributed by atoms with Crippen LogP contribution >= 0.6 is 11.6 Å². The number of para-hydroxylation sites is 1. The van der Waals surface area contributed by atoms with Crippen LogP contribution in [0.1, 0.15) is 67.5 Å². The fourth-order valence-corrected chi connectivity index (χ4v) is 5.17. The molecular formula is C34H40ClN3O4.